The first-order valence-electron chi connectivity index (χ1n) is 26.7. The number of rotatable bonds is 3. The van der Waals surface area contributed by atoms with Gasteiger partial charge in [-0.25, -0.2) is 0 Å². The van der Waals surface area contributed by atoms with Crippen molar-refractivity contribution in [2.75, 3.05) is 9.80 Å². The van der Waals surface area contributed by atoms with Crippen molar-refractivity contribution in [1.82, 2.24) is 0 Å². The molecule has 6 aromatic carbocycles. The standard InChI is InChI=1S/C66H75BN2S/c1-60(2,3)42-21-24-45-56(35-42)70-59-57(45)67-52-38-50-51(66(14,15)32-31-65(50,12)13)39-53(52)68(43-22-25-46-48(36-43)63(8,9)29-27-61(46,4)5)54-33-41(40-19-17-16-18-20-40)34-55(58(54)67)69(59)44-23-26-47-49(37-44)64(10,11)30-28-62(47,6)7/h16-26,33-39H,27-32H2,1-15H3. The van der Waals surface area contributed by atoms with E-state index in [2.05, 4.69) is 223 Å². The molecule has 2 nitrogen and oxygen atoms in total. The van der Waals surface area contributed by atoms with Gasteiger partial charge in [0.25, 0.3) is 6.71 Å². The van der Waals surface area contributed by atoms with E-state index in [0.717, 1.165) is 0 Å². The van der Waals surface area contributed by atoms with E-state index in [1.807, 2.05) is 11.3 Å². The van der Waals surface area contributed by atoms with Gasteiger partial charge in [-0.05, 0) is 197 Å². The van der Waals surface area contributed by atoms with Crippen LogP contribution >= 0.6 is 11.3 Å². The smallest absolute Gasteiger partial charge is 0.254 e. The van der Waals surface area contributed by atoms with E-state index in [4.69, 9.17) is 0 Å². The summed E-state index contributed by atoms with van der Waals surface area (Å²) in [5.74, 6) is 0. The lowest BCUT2D eigenvalue weighted by Crippen LogP contribution is -2.61. The van der Waals surface area contributed by atoms with Gasteiger partial charge < -0.3 is 9.80 Å². The van der Waals surface area contributed by atoms with Crippen LogP contribution in [-0.2, 0) is 37.9 Å². The molecule has 12 rings (SSSR count). The van der Waals surface area contributed by atoms with E-state index in [9.17, 15) is 0 Å². The van der Waals surface area contributed by atoms with Crippen molar-refractivity contribution in [3.8, 4) is 11.1 Å². The third-order valence-electron chi connectivity index (χ3n) is 18.8. The van der Waals surface area contributed by atoms with Gasteiger partial charge in [-0.2, -0.15) is 0 Å². The number of fused-ring (bicyclic) bond motifs is 9. The predicted molar refractivity (Wildman–Crippen MR) is 306 cm³/mol. The molecule has 0 saturated heterocycles. The van der Waals surface area contributed by atoms with Crippen LogP contribution in [-0.4, -0.2) is 6.71 Å². The molecule has 7 aromatic rings. The van der Waals surface area contributed by atoms with Crippen LogP contribution in [0.1, 0.15) is 181 Å². The summed E-state index contributed by atoms with van der Waals surface area (Å²) >= 11 is 2.01. The molecule has 70 heavy (non-hydrogen) atoms. The Kier molecular flexibility index (Phi) is 9.72. The molecule has 0 N–H and O–H groups in total. The van der Waals surface area contributed by atoms with Gasteiger partial charge in [-0.1, -0.05) is 165 Å². The molecular weight excluding hydrogens is 864 g/mol. The van der Waals surface area contributed by atoms with Gasteiger partial charge in [0.15, 0.2) is 0 Å². The fourth-order valence-electron chi connectivity index (χ4n) is 13.8. The largest absolute Gasteiger partial charge is 0.311 e. The highest BCUT2D eigenvalue weighted by atomic mass is 32.1. The molecule has 358 valence electrons. The minimum atomic E-state index is 0.0318. The summed E-state index contributed by atoms with van der Waals surface area (Å²) in [5, 5.41) is 2.75. The molecule has 0 spiro atoms. The Bertz CT molecular complexity index is 3330. The van der Waals surface area contributed by atoms with Crippen molar-refractivity contribution < 1.29 is 0 Å². The number of anilines is 6. The Labute approximate surface area is 425 Å². The summed E-state index contributed by atoms with van der Waals surface area (Å²) in [6.07, 6.45) is 7.12. The first kappa shape index (κ1) is 46.0. The Morgan fingerprint density at radius 3 is 1.43 bits per heavy atom. The van der Waals surface area contributed by atoms with Gasteiger partial charge in [0.2, 0.25) is 0 Å². The highest BCUT2D eigenvalue weighted by Crippen LogP contribution is 2.55. The van der Waals surface area contributed by atoms with E-state index in [0.29, 0.717) is 0 Å². The highest BCUT2D eigenvalue weighted by molar-refractivity contribution is 7.26. The van der Waals surface area contributed by atoms with Gasteiger partial charge in [0.05, 0.1) is 5.00 Å². The molecule has 0 radical (unpaired) electrons. The molecule has 3 heterocycles. The SMILES string of the molecule is CC(C)(C)c1ccc2c3c(sc2c1)N(c1ccc2c(c1)C(C)(C)CCC2(C)C)c1cc(-c2ccccc2)cc2c1B3c1cc3c(cc1N2c1ccc2c(c1)C(C)(C)CCC2(C)C)C(C)(C)CCC3(C)C. The summed E-state index contributed by atoms with van der Waals surface area (Å²) < 4.78 is 1.38. The second-order valence-electron chi connectivity index (χ2n) is 27.4. The lowest BCUT2D eigenvalue weighted by molar-refractivity contribution is 0.332. The van der Waals surface area contributed by atoms with Crippen molar-refractivity contribution in [3.05, 3.63) is 148 Å². The van der Waals surface area contributed by atoms with Crippen LogP contribution in [0.3, 0.4) is 0 Å². The third kappa shape index (κ3) is 6.77. The molecule has 1 aromatic heterocycles. The van der Waals surface area contributed by atoms with Crippen molar-refractivity contribution >= 4 is 78.0 Å². The van der Waals surface area contributed by atoms with Crippen LogP contribution in [0, 0.1) is 0 Å². The zero-order chi connectivity index (χ0) is 49.5. The molecular formula is C66H75BN2S. The fraction of sp³-hybridized carbons (Fsp3) is 0.424. The quantitative estimate of drug-likeness (QED) is 0.163. The first-order valence-corrected chi connectivity index (χ1v) is 27.5. The number of nitrogens with zero attached hydrogens (tertiary/aromatic N) is 2. The minimum Gasteiger partial charge on any atom is -0.311 e. The summed E-state index contributed by atoms with van der Waals surface area (Å²) in [6.45, 7) is 36.9. The molecule has 4 heteroatoms. The predicted octanol–water partition coefficient (Wildman–Crippen LogP) is 17.0. The summed E-state index contributed by atoms with van der Waals surface area (Å²) in [7, 11) is 0. The Balaban J connectivity index is 1.24. The van der Waals surface area contributed by atoms with E-state index in [1.165, 1.54) is 149 Å². The van der Waals surface area contributed by atoms with Crippen LogP contribution < -0.4 is 26.2 Å². The number of hydrogen-bond donors (Lipinski definition) is 0. The lowest BCUT2D eigenvalue weighted by Gasteiger charge is -2.48. The Hall–Kier alpha value is -5.06. The van der Waals surface area contributed by atoms with Gasteiger partial charge in [-0.15, -0.1) is 11.3 Å². The summed E-state index contributed by atoms with van der Waals surface area (Å²) in [5.41, 5.74) is 24.2. The Morgan fingerprint density at radius 1 is 0.429 bits per heavy atom. The van der Waals surface area contributed by atoms with Crippen LogP contribution in [0.15, 0.2) is 109 Å². The fourth-order valence-corrected chi connectivity index (χ4v) is 15.1. The molecule has 3 aliphatic carbocycles. The van der Waals surface area contributed by atoms with E-state index in [1.54, 1.807) is 0 Å². The maximum absolute atomic E-state index is 2.74. The van der Waals surface area contributed by atoms with Gasteiger partial charge in [-0.3, -0.25) is 0 Å². The third-order valence-corrected chi connectivity index (χ3v) is 20.0. The topological polar surface area (TPSA) is 6.48 Å². The van der Waals surface area contributed by atoms with Crippen molar-refractivity contribution in [3.63, 3.8) is 0 Å². The van der Waals surface area contributed by atoms with Gasteiger partial charge in [0.1, 0.15) is 0 Å². The monoisotopic (exact) mass is 939 g/mol. The van der Waals surface area contributed by atoms with Crippen molar-refractivity contribution in [2.24, 2.45) is 0 Å². The van der Waals surface area contributed by atoms with Crippen LogP contribution in [0.2, 0.25) is 0 Å². The highest BCUT2D eigenvalue weighted by Gasteiger charge is 2.49. The van der Waals surface area contributed by atoms with E-state index in [-0.39, 0.29) is 44.6 Å². The second kappa shape index (κ2) is 14.8. The average molecular weight is 939 g/mol. The van der Waals surface area contributed by atoms with E-state index < -0.39 is 0 Å². The molecule has 2 aliphatic heterocycles. The van der Waals surface area contributed by atoms with Crippen molar-refractivity contribution in [2.45, 2.75) is 180 Å². The normalized spacial score (nSPS) is 20.5. The maximum Gasteiger partial charge on any atom is 0.254 e. The second-order valence-corrected chi connectivity index (χ2v) is 28.4. The van der Waals surface area contributed by atoms with E-state index >= 15 is 0 Å². The molecule has 0 saturated carbocycles. The maximum atomic E-state index is 2.74. The van der Waals surface area contributed by atoms with Gasteiger partial charge in [0, 0.05) is 33.1 Å². The van der Waals surface area contributed by atoms with Gasteiger partial charge >= 0.3 is 0 Å². The van der Waals surface area contributed by atoms with Crippen LogP contribution in [0.25, 0.3) is 21.2 Å². The number of hydrogen-bond acceptors (Lipinski definition) is 3. The molecule has 5 aliphatic rings. The molecule has 0 unspecified atom stereocenters. The van der Waals surface area contributed by atoms with Crippen LogP contribution in [0.4, 0.5) is 33.4 Å². The number of thiophene rings is 1. The van der Waals surface area contributed by atoms with Crippen LogP contribution in [0.5, 0.6) is 0 Å². The minimum absolute atomic E-state index is 0.0318. The summed E-state index contributed by atoms with van der Waals surface area (Å²) in [4.78, 5) is 5.46. The zero-order valence-corrected chi connectivity index (χ0v) is 45.8. The average Bonchev–Trinajstić information content (AvgIpc) is 3.69. The zero-order valence-electron chi connectivity index (χ0n) is 45.0. The first-order chi connectivity index (χ1) is 32.8. The lowest BCUT2D eigenvalue weighted by atomic mass is 9.33. The molecule has 0 amide bonds. The molecule has 0 bridgehead atoms. The number of benzene rings is 6. The molecule has 0 fully saturated rings. The molecule has 0 atom stereocenters. The Morgan fingerprint density at radius 2 is 0.900 bits per heavy atom. The van der Waals surface area contributed by atoms with Crippen molar-refractivity contribution in [1.29, 1.82) is 0 Å². The summed E-state index contributed by atoms with van der Waals surface area (Å²) in [6, 6.07) is 44.4.